The molecule has 0 spiro atoms. The van der Waals surface area contributed by atoms with Gasteiger partial charge in [-0.25, -0.2) is 8.42 Å². The second kappa shape index (κ2) is 5.35. The third kappa shape index (κ3) is 2.63. The second-order valence-corrected chi connectivity index (χ2v) is 6.54. The van der Waals surface area contributed by atoms with E-state index in [9.17, 15) is 18.3 Å². The lowest BCUT2D eigenvalue weighted by Crippen LogP contribution is -2.22. The molecule has 0 saturated heterocycles. The van der Waals surface area contributed by atoms with Crippen LogP contribution < -0.4 is 9.83 Å². The first kappa shape index (κ1) is 14.4. The van der Waals surface area contributed by atoms with Crippen molar-refractivity contribution in [2.75, 3.05) is 4.72 Å². The third-order valence-electron chi connectivity index (χ3n) is 2.89. The standard InChI is InChI=1S/C13H9N3O4S2/c17-13(18)8-3-1-4-9(7-8)16-22(19,20)11-6-2-5-10-12(11)15-21-14-10/h1-7,16H,(H,17,18)/p-1. The van der Waals surface area contributed by atoms with Crippen LogP contribution in [0.3, 0.4) is 0 Å². The number of benzene rings is 2. The summed E-state index contributed by atoms with van der Waals surface area (Å²) in [7, 11) is -3.91. The van der Waals surface area contributed by atoms with Gasteiger partial charge >= 0.3 is 0 Å². The van der Waals surface area contributed by atoms with E-state index in [2.05, 4.69) is 13.5 Å². The Morgan fingerprint density at radius 2 is 1.91 bits per heavy atom. The lowest BCUT2D eigenvalue weighted by molar-refractivity contribution is -0.255. The number of hydrogen-bond donors (Lipinski definition) is 1. The number of carboxylic acids is 1. The predicted octanol–water partition coefficient (Wildman–Crippen LogP) is 0.856. The van der Waals surface area contributed by atoms with E-state index >= 15 is 0 Å². The first-order valence-electron chi connectivity index (χ1n) is 6.03. The number of rotatable bonds is 4. The average Bonchev–Trinajstić information content (AvgIpc) is 2.95. The smallest absolute Gasteiger partial charge is 0.264 e. The van der Waals surface area contributed by atoms with E-state index < -0.39 is 16.0 Å². The highest BCUT2D eigenvalue weighted by atomic mass is 32.2. The Morgan fingerprint density at radius 1 is 1.14 bits per heavy atom. The predicted molar refractivity (Wildman–Crippen MR) is 79.0 cm³/mol. The summed E-state index contributed by atoms with van der Waals surface area (Å²) in [5.41, 5.74) is 0.767. The zero-order valence-electron chi connectivity index (χ0n) is 10.9. The van der Waals surface area contributed by atoms with Crippen LogP contribution in [0.15, 0.2) is 47.4 Å². The molecule has 0 aliphatic carbocycles. The summed E-state index contributed by atoms with van der Waals surface area (Å²) >= 11 is 0.918. The van der Waals surface area contributed by atoms with Gasteiger partial charge in [0.1, 0.15) is 15.9 Å². The Hall–Kier alpha value is -2.52. The van der Waals surface area contributed by atoms with Crippen LogP contribution in [0.1, 0.15) is 10.4 Å². The number of anilines is 1. The van der Waals surface area contributed by atoms with Gasteiger partial charge in [-0.3, -0.25) is 4.72 Å². The third-order valence-corrected chi connectivity index (χ3v) is 4.84. The largest absolute Gasteiger partial charge is 0.545 e. The van der Waals surface area contributed by atoms with Crippen molar-refractivity contribution in [3.8, 4) is 0 Å². The highest BCUT2D eigenvalue weighted by molar-refractivity contribution is 7.93. The summed E-state index contributed by atoms with van der Waals surface area (Å²) in [6.45, 7) is 0. The minimum absolute atomic E-state index is 0.0161. The summed E-state index contributed by atoms with van der Waals surface area (Å²) in [4.78, 5) is 10.8. The fourth-order valence-electron chi connectivity index (χ4n) is 1.92. The van der Waals surface area contributed by atoms with Gasteiger partial charge in [0.2, 0.25) is 0 Å². The molecule has 0 amide bonds. The monoisotopic (exact) mass is 334 g/mol. The van der Waals surface area contributed by atoms with Crippen molar-refractivity contribution in [2.45, 2.75) is 4.90 Å². The Morgan fingerprint density at radius 3 is 2.68 bits per heavy atom. The molecule has 3 aromatic rings. The zero-order chi connectivity index (χ0) is 15.7. The fraction of sp³-hybridized carbons (Fsp3) is 0. The van der Waals surface area contributed by atoms with E-state index in [-0.39, 0.29) is 21.7 Å². The SMILES string of the molecule is O=C([O-])c1cccc(NS(=O)(=O)c2cccc3nsnc23)c1. The maximum absolute atomic E-state index is 12.5. The number of carboxylic acid groups (broad SMARTS) is 1. The molecule has 0 atom stereocenters. The van der Waals surface area contributed by atoms with E-state index in [1.165, 1.54) is 30.3 Å². The van der Waals surface area contributed by atoms with Gasteiger partial charge in [0, 0.05) is 5.69 Å². The molecule has 0 fully saturated rings. The molecule has 3 rings (SSSR count). The molecule has 0 unspecified atom stereocenters. The van der Waals surface area contributed by atoms with E-state index in [0.29, 0.717) is 5.52 Å². The van der Waals surface area contributed by atoms with Crippen molar-refractivity contribution in [1.82, 2.24) is 8.75 Å². The summed E-state index contributed by atoms with van der Waals surface area (Å²) in [6.07, 6.45) is 0. The quantitative estimate of drug-likeness (QED) is 0.757. The van der Waals surface area contributed by atoms with Gasteiger partial charge in [-0.15, -0.1) is 0 Å². The molecule has 22 heavy (non-hydrogen) atoms. The Kier molecular flexibility index (Phi) is 3.51. The average molecular weight is 334 g/mol. The van der Waals surface area contributed by atoms with Gasteiger partial charge in [0.15, 0.2) is 0 Å². The molecule has 0 saturated carbocycles. The number of carbonyl (C=O) groups is 1. The molecular formula is C13H8N3O4S2-. The van der Waals surface area contributed by atoms with Crippen molar-refractivity contribution < 1.29 is 18.3 Å². The highest BCUT2D eigenvalue weighted by Crippen LogP contribution is 2.23. The lowest BCUT2D eigenvalue weighted by Gasteiger charge is -2.10. The topological polar surface area (TPSA) is 112 Å². The molecule has 112 valence electrons. The van der Waals surface area contributed by atoms with Crippen LogP contribution in [0, 0.1) is 0 Å². The summed E-state index contributed by atoms with van der Waals surface area (Å²) in [5, 5.41) is 10.8. The van der Waals surface area contributed by atoms with Crippen molar-refractivity contribution in [2.24, 2.45) is 0 Å². The molecule has 9 heteroatoms. The van der Waals surface area contributed by atoms with Gasteiger partial charge in [0.05, 0.1) is 17.7 Å². The molecule has 0 aliphatic rings. The highest BCUT2D eigenvalue weighted by Gasteiger charge is 2.19. The van der Waals surface area contributed by atoms with Crippen molar-refractivity contribution in [3.63, 3.8) is 0 Å². The number of carbonyl (C=O) groups excluding carboxylic acids is 1. The number of nitrogens with zero attached hydrogens (tertiary/aromatic N) is 2. The molecule has 1 N–H and O–H groups in total. The zero-order valence-corrected chi connectivity index (χ0v) is 12.5. The minimum atomic E-state index is -3.91. The Labute approximate surface area is 129 Å². The molecular weight excluding hydrogens is 326 g/mol. The molecule has 0 radical (unpaired) electrons. The second-order valence-electron chi connectivity index (χ2n) is 4.36. The van der Waals surface area contributed by atoms with E-state index in [1.807, 2.05) is 0 Å². The molecule has 0 aliphatic heterocycles. The normalized spacial score (nSPS) is 11.5. The van der Waals surface area contributed by atoms with E-state index in [0.717, 1.165) is 11.7 Å². The van der Waals surface area contributed by atoms with Crippen LogP contribution in [0.5, 0.6) is 0 Å². The minimum Gasteiger partial charge on any atom is -0.545 e. The number of fused-ring (bicyclic) bond motifs is 1. The van der Waals surface area contributed by atoms with Gasteiger partial charge in [-0.05, 0) is 29.8 Å². The van der Waals surface area contributed by atoms with Crippen molar-refractivity contribution in [1.29, 1.82) is 0 Å². The first-order valence-corrected chi connectivity index (χ1v) is 8.24. The maximum Gasteiger partial charge on any atom is 0.264 e. The van der Waals surface area contributed by atoms with E-state index in [1.54, 1.807) is 12.1 Å². The van der Waals surface area contributed by atoms with Crippen LogP contribution in [-0.4, -0.2) is 23.1 Å². The van der Waals surface area contributed by atoms with Crippen LogP contribution in [0.4, 0.5) is 5.69 Å². The van der Waals surface area contributed by atoms with Crippen molar-refractivity contribution >= 4 is 44.4 Å². The molecule has 1 aromatic heterocycles. The van der Waals surface area contributed by atoms with Crippen LogP contribution in [0.2, 0.25) is 0 Å². The van der Waals surface area contributed by atoms with Crippen LogP contribution in [-0.2, 0) is 10.0 Å². The van der Waals surface area contributed by atoms with Crippen LogP contribution in [0.25, 0.3) is 11.0 Å². The Bertz CT molecular complexity index is 966. The number of aromatic nitrogens is 2. The van der Waals surface area contributed by atoms with E-state index in [4.69, 9.17) is 0 Å². The molecule has 2 aromatic carbocycles. The van der Waals surface area contributed by atoms with Gasteiger partial charge in [-0.2, -0.15) is 8.75 Å². The lowest BCUT2D eigenvalue weighted by atomic mass is 10.2. The number of sulfonamides is 1. The molecule has 7 nitrogen and oxygen atoms in total. The summed E-state index contributed by atoms with van der Waals surface area (Å²) in [6, 6.07) is 10.0. The number of nitrogens with one attached hydrogen (secondary N) is 1. The van der Waals surface area contributed by atoms with Gasteiger partial charge in [0.25, 0.3) is 10.0 Å². The van der Waals surface area contributed by atoms with Crippen molar-refractivity contribution in [3.05, 3.63) is 48.0 Å². The first-order chi connectivity index (χ1) is 10.5. The summed E-state index contributed by atoms with van der Waals surface area (Å²) in [5.74, 6) is -1.38. The van der Waals surface area contributed by atoms with Gasteiger partial charge < -0.3 is 9.90 Å². The fourth-order valence-corrected chi connectivity index (χ4v) is 3.74. The maximum atomic E-state index is 12.5. The Balaban J connectivity index is 2.02. The van der Waals surface area contributed by atoms with Gasteiger partial charge in [-0.1, -0.05) is 18.2 Å². The molecule has 0 bridgehead atoms. The summed E-state index contributed by atoms with van der Waals surface area (Å²) < 4.78 is 35.2. The molecule has 1 heterocycles. The van der Waals surface area contributed by atoms with Crippen LogP contribution >= 0.6 is 11.7 Å². The number of aromatic carboxylic acids is 1. The number of hydrogen-bond acceptors (Lipinski definition) is 7.